The molecule has 1 aromatic heterocycles. The minimum atomic E-state index is 0.0525. The molecule has 1 unspecified atom stereocenters. The van der Waals surface area contributed by atoms with Crippen LogP contribution in [0.5, 0.6) is 0 Å². The van der Waals surface area contributed by atoms with E-state index in [1.807, 2.05) is 22.7 Å². The van der Waals surface area contributed by atoms with Gasteiger partial charge in [-0.2, -0.15) is 16.7 Å². The van der Waals surface area contributed by atoms with Crippen LogP contribution < -0.4 is 4.90 Å². The van der Waals surface area contributed by atoms with Crippen LogP contribution in [0.15, 0.2) is 22.6 Å². The Hall–Kier alpha value is -1.40. The summed E-state index contributed by atoms with van der Waals surface area (Å²) < 4.78 is 5.81. The van der Waals surface area contributed by atoms with E-state index >= 15 is 0 Å². The van der Waals surface area contributed by atoms with Gasteiger partial charge in [0.15, 0.2) is 5.58 Å². The minimum Gasteiger partial charge on any atom is -0.423 e. The molecule has 1 aromatic carbocycles. The molecule has 1 amide bonds. The maximum Gasteiger partial charge on any atom is 0.298 e. The smallest absolute Gasteiger partial charge is 0.298 e. The molecule has 4 rings (SSSR count). The molecular weight excluding hydrogens is 334 g/mol. The third-order valence-electron chi connectivity index (χ3n) is 4.47. The number of halogens is 1. The van der Waals surface area contributed by atoms with Gasteiger partial charge in [0.2, 0.25) is 5.91 Å². The number of hydrogen-bond donors (Lipinski definition) is 0. The second-order valence-corrected chi connectivity index (χ2v) is 7.64. The van der Waals surface area contributed by atoms with Crippen molar-refractivity contribution in [3.05, 3.63) is 23.2 Å². The zero-order valence-corrected chi connectivity index (χ0v) is 14.3. The maximum absolute atomic E-state index is 12.6. The molecule has 2 fully saturated rings. The number of oxazole rings is 1. The number of amides is 1. The number of thioether (sulfide) groups is 1. The van der Waals surface area contributed by atoms with Crippen molar-refractivity contribution in [2.75, 3.05) is 42.6 Å². The van der Waals surface area contributed by atoms with Crippen molar-refractivity contribution in [2.24, 2.45) is 5.92 Å². The van der Waals surface area contributed by atoms with Crippen LogP contribution in [-0.2, 0) is 4.79 Å². The molecule has 0 radical (unpaired) electrons. The molecule has 0 N–H and O–H groups in total. The Labute approximate surface area is 144 Å². The molecule has 122 valence electrons. The summed E-state index contributed by atoms with van der Waals surface area (Å²) in [5.41, 5.74) is 1.49. The fourth-order valence-electron chi connectivity index (χ4n) is 3.20. The zero-order chi connectivity index (χ0) is 15.8. The van der Waals surface area contributed by atoms with Gasteiger partial charge < -0.3 is 14.2 Å². The Kier molecular flexibility index (Phi) is 4.11. The summed E-state index contributed by atoms with van der Waals surface area (Å²) in [4.78, 5) is 21.2. The number of benzene rings is 1. The van der Waals surface area contributed by atoms with Crippen LogP contribution in [0.25, 0.3) is 11.1 Å². The average Bonchev–Trinajstić information content (AvgIpc) is 3.21. The highest BCUT2D eigenvalue weighted by atomic mass is 35.5. The van der Waals surface area contributed by atoms with Gasteiger partial charge in [-0.1, -0.05) is 11.6 Å². The Morgan fingerprint density at radius 3 is 2.96 bits per heavy atom. The second kappa shape index (κ2) is 6.24. The lowest BCUT2D eigenvalue weighted by molar-refractivity contribution is -0.134. The lowest BCUT2D eigenvalue weighted by atomic mass is 10.1. The van der Waals surface area contributed by atoms with Crippen molar-refractivity contribution in [1.29, 1.82) is 0 Å². The van der Waals surface area contributed by atoms with E-state index in [0.29, 0.717) is 17.6 Å². The summed E-state index contributed by atoms with van der Waals surface area (Å²) in [7, 11) is 0. The number of carbonyl (C=O) groups is 1. The van der Waals surface area contributed by atoms with Gasteiger partial charge in [0, 0.05) is 42.7 Å². The molecule has 7 heteroatoms. The van der Waals surface area contributed by atoms with E-state index in [2.05, 4.69) is 9.88 Å². The number of nitrogens with zero attached hydrogens (tertiary/aromatic N) is 3. The van der Waals surface area contributed by atoms with Gasteiger partial charge in [-0.25, -0.2) is 0 Å². The molecule has 23 heavy (non-hydrogen) atoms. The van der Waals surface area contributed by atoms with Crippen molar-refractivity contribution in [2.45, 2.75) is 6.42 Å². The molecule has 5 nitrogen and oxygen atoms in total. The summed E-state index contributed by atoms with van der Waals surface area (Å²) in [6.07, 6.45) is 0.863. The van der Waals surface area contributed by atoms with Crippen molar-refractivity contribution in [1.82, 2.24) is 9.88 Å². The fourth-order valence-corrected chi connectivity index (χ4v) is 4.27. The van der Waals surface area contributed by atoms with E-state index < -0.39 is 0 Å². The first-order valence-electron chi connectivity index (χ1n) is 7.88. The Morgan fingerprint density at radius 2 is 2.13 bits per heavy atom. The van der Waals surface area contributed by atoms with Gasteiger partial charge in [-0.05, 0) is 24.6 Å². The van der Waals surface area contributed by atoms with Gasteiger partial charge in [0.1, 0.15) is 5.52 Å². The highest BCUT2D eigenvalue weighted by Crippen LogP contribution is 2.29. The van der Waals surface area contributed by atoms with Crippen LogP contribution in [0.3, 0.4) is 0 Å². The van der Waals surface area contributed by atoms with Gasteiger partial charge in [-0.15, -0.1) is 0 Å². The predicted octanol–water partition coefficient (Wildman–Crippen LogP) is 2.88. The summed E-state index contributed by atoms with van der Waals surface area (Å²) >= 11 is 7.91. The van der Waals surface area contributed by atoms with Crippen LogP contribution in [-0.4, -0.2) is 53.5 Å². The molecule has 2 aromatic rings. The monoisotopic (exact) mass is 351 g/mol. The van der Waals surface area contributed by atoms with E-state index in [9.17, 15) is 4.79 Å². The summed E-state index contributed by atoms with van der Waals surface area (Å²) in [5.74, 6) is 2.44. The van der Waals surface area contributed by atoms with Crippen molar-refractivity contribution >= 4 is 46.4 Å². The third kappa shape index (κ3) is 3.02. The largest absolute Gasteiger partial charge is 0.423 e. The SMILES string of the molecule is O=C(C1CCN(c2nc3cc(Cl)ccc3o2)C1)N1CCSCC1. The van der Waals surface area contributed by atoms with Gasteiger partial charge in [0.25, 0.3) is 6.01 Å². The zero-order valence-electron chi connectivity index (χ0n) is 12.7. The Morgan fingerprint density at radius 1 is 1.30 bits per heavy atom. The van der Waals surface area contributed by atoms with Crippen molar-refractivity contribution in [3.8, 4) is 0 Å². The first kappa shape index (κ1) is 15.1. The number of fused-ring (bicyclic) bond motifs is 1. The van der Waals surface area contributed by atoms with E-state index in [0.717, 1.165) is 48.7 Å². The Balaban J connectivity index is 1.47. The number of carbonyl (C=O) groups excluding carboxylic acids is 1. The molecule has 2 saturated heterocycles. The third-order valence-corrected chi connectivity index (χ3v) is 5.65. The van der Waals surface area contributed by atoms with Crippen LogP contribution >= 0.6 is 23.4 Å². The fraction of sp³-hybridized carbons (Fsp3) is 0.500. The maximum atomic E-state index is 12.6. The summed E-state index contributed by atoms with van der Waals surface area (Å²) in [6.45, 7) is 3.24. The van der Waals surface area contributed by atoms with Crippen molar-refractivity contribution in [3.63, 3.8) is 0 Å². The highest BCUT2D eigenvalue weighted by Gasteiger charge is 2.33. The van der Waals surface area contributed by atoms with Gasteiger partial charge in [0.05, 0.1) is 5.92 Å². The molecule has 2 aliphatic heterocycles. The van der Waals surface area contributed by atoms with E-state index in [4.69, 9.17) is 16.0 Å². The molecule has 2 aliphatic rings. The first-order chi connectivity index (χ1) is 11.2. The summed E-state index contributed by atoms with van der Waals surface area (Å²) in [6, 6.07) is 6.02. The standard InChI is InChI=1S/C16H18ClN3O2S/c17-12-1-2-14-13(9-12)18-16(22-14)20-4-3-11(10-20)15(21)19-5-7-23-8-6-19/h1-2,9,11H,3-8,10H2. The first-order valence-corrected chi connectivity index (χ1v) is 9.41. The van der Waals surface area contributed by atoms with Crippen LogP contribution in [0.4, 0.5) is 6.01 Å². The highest BCUT2D eigenvalue weighted by molar-refractivity contribution is 7.99. The van der Waals surface area contributed by atoms with E-state index in [1.54, 1.807) is 12.1 Å². The summed E-state index contributed by atoms with van der Waals surface area (Å²) in [5, 5.41) is 0.648. The van der Waals surface area contributed by atoms with E-state index in [1.165, 1.54) is 0 Å². The number of rotatable bonds is 2. The van der Waals surface area contributed by atoms with Crippen LogP contribution in [0.1, 0.15) is 6.42 Å². The van der Waals surface area contributed by atoms with Crippen LogP contribution in [0, 0.1) is 5.92 Å². The number of aromatic nitrogens is 1. The van der Waals surface area contributed by atoms with Gasteiger partial charge >= 0.3 is 0 Å². The predicted molar refractivity (Wildman–Crippen MR) is 93.2 cm³/mol. The lowest BCUT2D eigenvalue weighted by Gasteiger charge is -2.28. The normalized spacial score (nSPS) is 22.0. The minimum absolute atomic E-state index is 0.0525. The number of hydrogen-bond acceptors (Lipinski definition) is 5. The molecule has 0 spiro atoms. The number of anilines is 1. The van der Waals surface area contributed by atoms with Gasteiger partial charge in [-0.3, -0.25) is 4.79 Å². The topological polar surface area (TPSA) is 49.6 Å². The second-order valence-electron chi connectivity index (χ2n) is 5.98. The van der Waals surface area contributed by atoms with Crippen molar-refractivity contribution < 1.29 is 9.21 Å². The molecule has 3 heterocycles. The molecule has 0 bridgehead atoms. The lowest BCUT2D eigenvalue weighted by Crippen LogP contribution is -2.42. The van der Waals surface area contributed by atoms with E-state index in [-0.39, 0.29) is 11.8 Å². The molecular formula is C16H18ClN3O2S. The molecule has 0 saturated carbocycles. The Bertz CT molecular complexity index is 729. The average molecular weight is 352 g/mol. The molecule has 1 atom stereocenters. The quantitative estimate of drug-likeness (QED) is 0.832. The van der Waals surface area contributed by atoms with Crippen LogP contribution in [0.2, 0.25) is 5.02 Å². The molecule has 0 aliphatic carbocycles.